The normalized spacial score (nSPS) is 11.8. The molecule has 6 heteroatoms. The van der Waals surface area contributed by atoms with Crippen molar-refractivity contribution >= 4 is 17.4 Å². The van der Waals surface area contributed by atoms with Crippen molar-refractivity contribution in [1.29, 1.82) is 10.7 Å². The lowest BCUT2D eigenvalue weighted by Crippen LogP contribution is -2.10. The maximum absolute atomic E-state index is 8.56. The van der Waals surface area contributed by atoms with Gasteiger partial charge in [0.15, 0.2) is 11.5 Å². The van der Waals surface area contributed by atoms with Gasteiger partial charge in [0.1, 0.15) is 11.9 Å². The second-order valence-corrected chi connectivity index (χ2v) is 3.35. The summed E-state index contributed by atoms with van der Waals surface area (Å²) >= 11 is 0. The number of aromatic nitrogens is 2. The van der Waals surface area contributed by atoms with Crippen molar-refractivity contribution in [2.45, 2.75) is 6.92 Å². The van der Waals surface area contributed by atoms with Gasteiger partial charge < -0.3 is 11.1 Å². The minimum atomic E-state index is 0.207. The van der Waals surface area contributed by atoms with Gasteiger partial charge >= 0.3 is 0 Å². The first-order valence-electron chi connectivity index (χ1n) is 5.02. The third kappa shape index (κ3) is 3.64. The largest absolute Gasteiger partial charge is 0.384 e. The summed E-state index contributed by atoms with van der Waals surface area (Å²) in [6, 6.07) is 1.86. The molecule has 0 saturated heterocycles. The van der Waals surface area contributed by atoms with Crippen molar-refractivity contribution < 1.29 is 0 Å². The van der Waals surface area contributed by atoms with E-state index in [1.807, 2.05) is 6.07 Å². The predicted molar refractivity (Wildman–Crippen MR) is 69.7 cm³/mol. The molecule has 0 spiro atoms. The molecule has 1 aromatic rings. The average molecular weight is 240 g/mol. The Morgan fingerprint density at radius 2 is 2.28 bits per heavy atom. The molecule has 1 heterocycles. The summed E-state index contributed by atoms with van der Waals surface area (Å²) in [6.07, 6.45) is 5.63. The van der Waals surface area contributed by atoms with Crippen LogP contribution in [0.4, 0.5) is 5.82 Å². The molecule has 0 bridgehead atoms. The second-order valence-electron chi connectivity index (χ2n) is 3.35. The molecule has 6 nitrogen and oxygen atoms in total. The molecule has 18 heavy (non-hydrogen) atoms. The summed E-state index contributed by atoms with van der Waals surface area (Å²) in [4.78, 5) is 11.7. The highest BCUT2D eigenvalue weighted by atomic mass is 15.0. The molecular formula is C12H12N6. The number of allylic oxidation sites excluding steroid dienone is 2. The predicted octanol–water partition coefficient (Wildman–Crippen LogP) is 1.49. The van der Waals surface area contributed by atoms with Crippen molar-refractivity contribution in [2.75, 3.05) is 0 Å². The number of nitriles is 1. The van der Waals surface area contributed by atoms with Gasteiger partial charge in [-0.15, -0.1) is 0 Å². The van der Waals surface area contributed by atoms with Crippen LogP contribution in [0.15, 0.2) is 41.7 Å². The first-order chi connectivity index (χ1) is 8.56. The van der Waals surface area contributed by atoms with Gasteiger partial charge in [0, 0.05) is 0 Å². The van der Waals surface area contributed by atoms with Crippen molar-refractivity contribution in [3.8, 4) is 6.07 Å². The first kappa shape index (κ1) is 13.3. The topological polar surface area (TPSA) is 112 Å². The van der Waals surface area contributed by atoms with Crippen LogP contribution in [0.1, 0.15) is 12.6 Å². The second kappa shape index (κ2) is 6.06. The molecule has 0 aliphatic rings. The Hall–Kier alpha value is -2.81. The molecule has 0 aliphatic carbocycles. The Kier molecular flexibility index (Phi) is 4.46. The van der Waals surface area contributed by atoms with Crippen molar-refractivity contribution in [3.05, 3.63) is 42.4 Å². The lowest BCUT2D eigenvalue weighted by atomic mass is 10.1. The highest BCUT2D eigenvalue weighted by molar-refractivity contribution is 6.09. The molecule has 90 valence electrons. The molecule has 0 unspecified atom stereocenters. The van der Waals surface area contributed by atoms with Gasteiger partial charge in [-0.1, -0.05) is 6.58 Å². The van der Waals surface area contributed by atoms with E-state index in [4.69, 9.17) is 16.4 Å². The number of nitrogens with one attached hydrogen (secondary N) is 1. The maximum atomic E-state index is 8.56. The molecule has 1 rings (SSSR count). The van der Waals surface area contributed by atoms with Crippen LogP contribution in [0.2, 0.25) is 0 Å². The van der Waals surface area contributed by atoms with Gasteiger partial charge in [-0.25, -0.2) is 15.0 Å². The number of rotatable bonds is 4. The van der Waals surface area contributed by atoms with Crippen LogP contribution in [-0.4, -0.2) is 21.5 Å². The van der Waals surface area contributed by atoms with E-state index in [-0.39, 0.29) is 17.2 Å². The summed E-state index contributed by atoms with van der Waals surface area (Å²) in [7, 11) is 0. The third-order valence-electron chi connectivity index (χ3n) is 1.99. The summed E-state index contributed by atoms with van der Waals surface area (Å²) in [6.45, 7) is 5.23. The number of nitrogens with zero attached hydrogens (tertiary/aromatic N) is 4. The Labute approximate surface area is 105 Å². The first-order valence-corrected chi connectivity index (χ1v) is 5.02. The number of hydrogen-bond acceptors (Lipinski definition) is 5. The zero-order valence-corrected chi connectivity index (χ0v) is 9.88. The fourth-order valence-corrected chi connectivity index (χ4v) is 1.06. The molecule has 0 atom stereocenters. The van der Waals surface area contributed by atoms with Crippen LogP contribution in [0, 0.1) is 16.7 Å². The molecule has 0 fully saturated rings. The van der Waals surface area contributed by atoms with Crippen LogP contribution < -0.4 is 5.73 Å². The fraction of sp³-hybridized carbons (Fsp3) is 0.0833. The Bertz CT molecular complexity index is 559. The Balaban J connectivity index is 2.92. The van der Waals surface area contributed by atoms with Crippen LogP contribution in [0.3, 0.4) is 0 Å². The van der Waals surface area contributed by atoms with E-state index in [1.165, 1.54) is 18.5 Å². The van der Waals surface area contributed by atoms with Gasteiger partial charge in [-0.2, -0.15) is 5.26 Å². The summed E-state index contributed by atoms with van der Waals surface area (Å²) in [5.74, 6) is 0.513. The van der Waals surface area contributed by atoms with E-state index in [0.717, 1.165) is 0 Å². The molecule has 0 aromatic carbocycles. The van der Waals surface area contributed by atoms with E-state index >= 15 is 0 Å². The minimum Gasteiger partial charge on any atom is -0.384 e. The summed E-state index contributed by atoms with van der Waals surface area (Å²) in [5, 5.41) is 16.1. The number of nitrogens with two attached hydrogens (primary N) is 1. The van der Waals surface area contributed by atoms with Gasteiger partial charge in [0.25, 0.3) is 0 Å². The van der Waals surface area contributed by atoms with Crippen molar-refractivity contribution in [1.82, 2.24) is 9.97 Å². The van der Waals surface area contributed by atoms with Crippen LogP contribution >= 0.6 is 0 Å². The van der Waals surface area contributed by atoms with E-state index in [0.29, 0.717) is 11.4 Å². The Morgan fingerprint density at radius 3 is 2.78 bits per heavy atom. The summed E-state index contributed by atoms with van der Waals surface area (Å²) < 4.78 is 0. The zero-order valence-electron chi connectivity index (χ0n) is 9.88. The standard InChI is InChI=1S/C12H12N6/c1-3-10(14)8(2)4-11(15)18-12-7-16-9(5-13)6-17-12/h3-4,6-7,14H,1H2,2H3,(H2,15,17,18)/b8-4-,14-10?. The molecule has 0 amide bonds. The number of hydrogen-bond donors (Lipinski definition) is 2. The minimum absolute atomic E-state index is 0.207. The van der Waals surface area contributed by atoms with Gasteiger partial charge in [-0.3, -0.25) is 0 Å². The fourth-order valence-electron chi connectivity index (χ4n) is 1.06. The monoisotopic (exact) mass is 240 g/mol. The molecule has 0 radical (unpaired) electrons. The quantitative estimate of drug-likeness (QED) is 0.613. The molecule has 1 aromatic heterocycles. The van der Waals surface area contributed by atoms with Crippen LogP contribution in [-0.2, 0) is 0 Å². The van der Waals surface area contributed by atoms with Crippen LogP contribution in [0.5, 0.6) is 0 Å². The third-order valence-corrected chi connectivity index (χ3v) is 1.99. The average Bonchev–Trinajstić information content (AvgIpc) is 2.38. The van der Waals surface area contributed by atoms with Gasteiger partial charge in [-0.05, 0) is 24.6 Å². The van der Waals surface area contributed by atoms with E-state index < -0.39 is 0 Å². The lowest BCUT2D eigenvalue weighted by Gasteiger charge is -1.98. The molecule has 3 N–H and O–H groups in total. The zero-order chi connectivity index (χ0) is 13.5. The highest BCUT2D eigenvalue weighted by Gasteiger charge is 1.98. The van der Waals surface area contributed by atoms with Crippen molar-refractivity contribution in [2.24, 2.45) is 10.7 Å². The highest BCUT2D eigenvalue weighted by Crippen LogP contribution is 2.05. The molecular weight excluding hydrogens is 228 g/mol. The van der Waals surface area contributed by atoms with Crippen LogP contribution in [0.25, 0.3) is 0 Å². The molecule has 0 saturated carbocycles. The maximum Gasteiger partial charge on any atom is 0.172 e. The van der Waals surface area contributed by atoms with E-state index in [2.05, 4.69) is 21.5 Å². The smallest absolute Gasteiger partial charge is 0.172 e. The molecule has 0 aliphatic heterocycles. The summed E-state index contributed by atoms with van der Waals surface area (Å²) in [5.41, 5.74) is 6.82. The lowest BCUT2D eigenvalue weighted by molar-refractivity contribution is 1.14. The van der Waals surface area contributed by atoms with Gasteiger partial charge in [0.2, 0.25) is 0 Å². The van der Waals surface area contributed by atoms with E-state index in [9.17, 15) is 0 Å². The van der Waals surface area contributed by atoms with E-state index in [1.54, 1.807) is 13.0 Å². The SMILES string of the molecule is C=CC(=N)/C(C)=C\C(N)=Nc1cnc(C#N)cn1. The van der Waals surface area contributed by atoms with Crippen molar-refractivity contribution in [3.63, 3.8) is 0 Å². The Morgan fingerprint density at radius 1 is 1.56 bits per heavy atom. The number of amidine groups is 1. The number of aliphatic imine (C=N–C) groups is 1. The van der Waals surface area contributed by atoms with Gasteiger partial charge in [0.05, 0.1) is 18.1 Å².